The van der Waals surface area contributed by atoms with Crippen LogP contribution in [0.25, 0.3) is 22.3 Å². The zero-order valence-corrected chi connectivity index (χ0v) is 15.3. The van der Waals surface area contributed by atoms with E-state index < -0.39 is 0 Å². The number of hydrogen-bond acceptors (Lipinski definition) is 2. The van der Waals surface area contributed by atoms with Gasteiger partial charge < -0.3 is 9.88 Å². The molecular formula is C22H22N4O. The summed E-state index contributed by atoms with van der Waals surface area (Å²) in [5.41, 5.74) is 4.31. The van der Waals surface area contributed by atoms with Gasteiger partial charge in [-0.1, -0.05) is 48.5 Å². The Morgan fingerprint density at radius 1 is 1.07 bits per heavy atom. The Balaban J connectivity index is 1.48. The molecule has 2 heterocycles. The third kappa shape index (κ3) is 3.62. The van der Waals surface area contributed by atoms with Crippen molar-refractivity contribution in [1.82, 2.24) is 14.8 Å². The molecule has 0 radical (unpaired) electrons. The largest absolute Gasteiger partial charge is 0.340 e. The number of carbonyl (C=O) groups is 1. The van der Waals surface area contributed by atoms with Crippen LogP contribution in [0, 0.1) is 0 Å². The summed E-state index contributed by atoms with van der Waals surface area (Å²) >= 11 is 0. The van der Waals surface area contributed by atoms with Gasteiger partial charge in [-0.15, -0.1) is 0 Å². The van der Waals surface area contributed by atoms with Gasteiger partial charge in [0.15, 0.2) is 5.82 Å². The fourth-order valence-electron chi connectivity index (χ4n) is 3.40. The fourth-order valence-corrected chi connectivity index (χ4v) is 3.40. The normalized spacial score (nSPS) is 11.0. The smallest absolute Gasteiger partial charge is 0.225 e. The molecule has 0 unspecified atom stereocenters. The van der Waals surface area contributed by atoms with E-state index in [1.165, 1.54) is 10.9 Å². The third-order valence-corrected chi connectivity index (χ3v) is 4.73. The van der Waals surface area contributed by atoms with Gasteiger partial charge >= 0.3 is 0 Å². The zero-order chi connectivity index (χ0) is 18.6. The monoisotopic (exact) mass is 358 g/mol. The number of carbonyl (C=O) groups excluding carboxylic acids is 1. The number of H-pyrrole nitrogens is 1. The minimum absolute atomic E-state index is 0.0343. The standard InChI is InChI=1S/C22H22N4O/c1-2-26-19-11-7-6-10-17(19)14-20(26)18-15-21(25-24-18)23-22(27)13-12-16-8-4-3-5-9-16/h3-11,14-15H,2,12-13H2,1H3,(H2,23,24,25,27). The molecule has 4 aromatic rings. The number of nitrogens with one attached hydrogen (secondary N) is 2. The van der Waals surface area contributed by atoms with Crippen LogP contribution in [0.2, 0.25) is 0 Å². The number of benzene rings is 2. The van der Waals surface area contributed by atoms with Gasteiger partial charge in [0, 0.05) is 29.9 Å². The van der Waals surface area contributed by atoms with Gasteiger partial charge in [-0.05, 0) is 31.0 Å². The number of amides is 1. The average molecular weight is 358 g/mol. The van der Waals surface area contributed by atoms with Crippen molar-refractivity contribution >= 4 is 22.6 Å². The van der Waals surface area contributed by atoms with Crippen LogP contribution in [0.1, 0.15) is 18.9 Å². The summed E-state index contributed by atoms with van der Waals surface area (Å²) in [6, 6.07) is 22.4. The second kappa shape index (κ2) is 7.50. The summed E-state index contributed by atoms with van der Waals surface area (Å²) in [6.45, 7) is 2.99. The van der Waals surface area contributed by atoms with Crippen LogP contribution in [0.3, 0.4) is 0 Å². The Labute approximate surface area is 158 Å². The van der Waals surface area contributed by atoms with E-state index in [0.29, 0.717) is 18.7 Å². The molecule has 2 N–H and O–H groups in total. The van der Waals surface area contributed by atoms with Crippen molar-refractivity contribution in [3.8, 4) is 11.4 Å². The van der Waals surface area contributed by atoms with Crippen LogP contribution in [-0.2, 0) is 17.8 Å². The van der Waals surface area contributed by atoms with E-state index in [2.05, 4.69) is 45.2 Å². The lowest BCUT2D eigenvalue weighted by atomic mass is 10.1. The van der Waals surface area contributed by atoms with Gasteiger partial charge in [0.05, 0.1) is 11.4 Å². The molecule has 0 spiro atoms. The van der Waals surface area contributed by atoms with Crippen molar-refractivity contribution in [3.63, 3.8) is 0 Å². The predicted molar refractivity (Wildman–Crippen MR) is 109 cm³/mol. The lowest BCUT2D eigenvalue weighted by Gasteiger charge is -2.05. The minimum atomic E-state index is -0.0343. The molecule has 0 aliphatic rings. The summed E-state index contributed by atoms with van der Waals surface area (Å²) in [7, 11) is 0. The molecule has 0 aliphatic heterocycles. The Morgan fingerprint density at radius 3 is 2.67 bits per heavy atom. The highest BCUT2D eigenvalue weighted by Crippen LogP contribution is 2.28. The molecule has 2 aromatic heterocycles. The van der Waals surface area contributed by atoms with Gasteiger partial charge in [-0.2, -0.15) is 5.10 Å². The SMILES string of the molecule is CCn1c(-c2cc(NC(=O)CCc3ccccc3)n[nH]2)cc2ccccc21. The van der Waals surface area contributed by atoms with Crippen molar-refractivity contribution in [2.45, 2.75) is 26.3 Å². The number of rotatable bonds is 6. The Bertz CT molecular complexity index is 1060. The number of aryl methyl sites for hydroxylation is 2. The van der Waals surface area contributed by atoms with Crippen LogP contribution in [0.5, 0.6) is 0 Å². The van der Waals surface area contributed by atoms with Gasteiger partial charge in [0.2, 0.25) is 5.91 Å². The molecule has 4 rings (SSSR count). The Hall–Kier alpha value is -3.34. The van der Waals surface area contributed by atoms with Gasteiger partial charge in [-0.3, -0.25) is 9.89 Å². The van der Waals surface area contributed by atoms with E-state index in [0.717, 1.165) is 23.5 Å². The number of hydrogen-bond donors (Lipinski definition) is 2. The van der Waals surface area contributed by atoms with Crippen LogP contribution < -0.4 is 5.32 Å². The molecule has 5 heteroatoms. The molecule has 27 heavy (non-hydrogen) atoms. The second-order valence-electron chi connectivity index (χ2n) is 6.53. The molecule has 0 bridgehead atoms. The fraction of sp³-hybridized carbons (Fsp3) is 0.182. The molecule has 0 saturated heterocycles. The summed E-state index contributed by atoms with van der Waals surface area (Å²) in [6.07, 6.45) is 1.15. The first-order valence-electron chi connectivity index (χ1n) is 9.22. The number of fused-ring (bicyclic) bond motifs is 1. The molecule has 0 fully saturated rings. The molecular weight excluding hydrogens is 336 g/mol. The second-order valence-corrected chi connectivity index (χ2v) is 6.53. The van der Waals surface area contributed by atoms with Crippen molar-refractivity contribution in [2.75, 3.05) is 5.32 Å². The van der Waals surface area contributed by atoms with Crippen molar-refractivity contribution in [2.24, 2.45) is 0 Å². The zero-order valence-electron chi connectivity index (χ0n) is 15.3. The Kier molecular flexibility index (Phi) is 4.75. The van der Waals surface area contributed by atoms with E-state index in [4.69, 9.17) is 0 Å². The van der Waals surface area contributed by atoms with E-state index in [9.17, 15) is 4.79 Å². The van der Waals surface area contributed by atoms with Gasteiger partial charge in [-0.25, -0.2) is 0 Å². The average Bonchev–Trinajstić information content (AvgIpc) is 3.31. The summed E-state index contributed by atoms with van der Waals surface area (Å²) in [4.78, 5) is 12.2. The van der Waals surface area contributed by atoms with Crippen LogP contribution in [-0.4, -0.2) is 20.7 Å². The maximum absolute atomic E-state index is 12.2. The van der Waals surface area contributed by atoms with E-state index in [1.807, 2.05) is 48.5 Å². The lowest BCUT2D eigenvalue weighted by Crippen LogP contribution is -2.12. The topological polar surface area (TPSA) is 62.7 Å². The first-order chi connectivity index (χ1) is 13.2. The van der Waals surface area contributed by atoms with Gasteiger partial charge in [0.25, 0.3) is 0 Å². The first-order valence-corrected chi connectivity index (χ1v) is 9.22. The van der Waals surface area contributed by atoms with Crippen molar-refractivity contribution in [3.05, 3.63) is 72.3 Å². The van der Waals surface area contributed by atoms with Gasteiger partial charge in [0.1, 0.15) is 0 Å². The van der Waals surface area contributed by atoms with E-state index in [1.54, 1.807) is 0 Å². The highest BCUT2D eigenvalue weighted by Gasteiger charge is 2.13. The van der Waals surface area contributed by atoms with E-state index in [-0.39, 0.29) is 5.91 Å². The highest BCUT2D eigenvalue weighted by molar-refractivity contribution is 5.91. The molecule has 0 aliphatic carbocycles. The number of aromatic nitrogens is 3. The summed E-state index contributed by atoms with van der Waals surface area (Å²) in [5.74, 6) is 0.518. The number of anilines is 1. The number of aromatic amines is 1. The molecule has 5 nitrogen and oxygen atoms in total. The molecule has 0 saturated carbocycles. The maximum Gasteiger partial charge on any atom is 0.225 e. The van der Waals surface area contributed by atoms with Crippen LogP contribution >= 0.6 is 0 Å². The van der Waals surface area contributed by atoms with E-state index >= 15 is 0 Å². The molecule has 0 atom stereocenters. The minimum Gasteiger partial charge on any atom is -0.340 e. The third-order valence-electron chi connectivity index (χ3n) is 4.73. The lowest BCUT2D eigenvalue weighted by molar-refractivity contribution is -0.116. The molecule has 2 aromatic carbocycles. The van der Waals surface area contributed by atoms with Crippen molar-refractivity contribution in [1.29, 1.82) is 0 Å². The predicted octanol–water partition coefficient (Wildman–Crippen LogP) is 4.62. The summed E-state index contributed by atoms with van der Waals surface area (Å²) in [5, 5.41) is 11.4. The Morgan fingerprint density at radius 2 is 1.85 bits per heavy atom. The molecule has 136 valence electrons. The highest BCUT2D eigenvalue weighted by atomic mass is 16.1. The quantitative estimate of drug-likeness (QED) is 0.528. The maximum atomic E-state index is 12.2. The first kappa shape index (κ1) is 17.1. The number of nitrogens with zero attached hydrogens (tertiary/aromatic N) is 2. The summed E-state index contributed by atoms with van der Waals surface area (Å²) < 4.78 is 2.24. The number of para-hydroxylation sites is 1. The van der Waals surface area contributed by atoms with Crippen LogP contribution in [0.15, 0.2) is 66.7 Å². The van der Waals surface area contributed by atoms with Crippen molar-refractivity contribution < 1.29 is 4.79 Å². The molecule has 1 amide bonds. The van der Waals surface area contributed by atoms with Crippen LogP contribution in [0.4, 0.5) is 5.82 Å².